The number of anilines is 1. The van der Waals surface area contributed by atoms with Crippen molar-refractivity contribution in [3.8, 4) is 5.75 Å². The number of benzene rings is 2. The predicted octanol–water partition coefficient (Wildman–Crippen LogP) is 5.89. The molecule has 3 aliphatic carbocycles. The second-order valence-electron chi connectivity index (χ2n) is 17.5. The van der Waals surface area contributed by atoms with Gasteiger partial charge in [0.1, 0.15) is 11.2 Å². The van der Waals surface area contributed by atoms with Crippen LogP contribution in [0.3, 0.4) is 0 Å². The van der Waals surface area contributed by atoms with Gasteiger partial charge < -0.3 is 33.9 Å². The van der Waals surface area contributed by atoms with Crippen molar-refractivity contribution >= 4 is 34.5 Å². The number of nitrogens with one attached hydrogen (secondary N) is 1. The minimum Gasteiger partial charge on any atom is -0.496 e. The number of carbonyl (C=O) groups excluding carboxylic acids is 3. The topological polar surface area (TPSA) is 131 Å². The van der Waals surface area contributed by atoms with Crippen molar-refractivity contribution < 1.29 is 38.4 Å². The van der Waals surface area contributed by atoms with Crippen molar-refractivity contribution in [2.24, 2.45) is 17.3 Å². The number of aliphatic hydroxyl groups is 1. The lowest BCUT2D eigenvalue weighted by Crippen LogP contribution is -2.81. The number of carbonyl (C=O) groups is 3. The van der Waals surface area contributed by atoms with Crippen LogP contribution in [0.15, 0.2) is 60.2 Å². The van der Waals surface area contributed by atoms with Crippen LogP contribution in [-0.2, 0) is 45.8 Å². The van der Waals surface area contributed by atoms with E-state index in [4.69, 9.17) is 18.9 Å². The lowest BCUT2D eigenvalue weighted by atomic mass is 9.47. The Labute approximate surface area is 334 Å². The number of para-hydroxylation sites is 1. The Balaban J connectivity index is 1.37. The van der Waals surface area contributed by atoms with E-state index in [1.165, 1.54) is 26.7 Å². The number of esters is 3. The summed E-state index contributed by atoms with van der Waals surface area (Å²) in [7, 11) is 6.25. The molecule has 0 amide bonds. The molecule has 0 radical (unpaired) electrons. The van der Waals surface area contributed by atoms with Crippen molar-refractivity contribution in [2.75, 3.05) is 46.4 Å². The zero-order valence-corrected chi connectivity index (χ0v) is 34.1. The Morgan fingerprint density at radius 2 is 1.77 bits per heavy atom. The van der Waals surface area contributed by atoms with Gasteiger partial charge in [-0.05, 0) is 86.6 Å². The van der Waals surface area contributed by atoms with E-state index in [9.17, 15) is 14.7 Å². The Morgan fingerprint density at radius 1 is 1.00 bits per heavy atom. The molecule has 9 rings (SSSR count). The van der Waals surface area contributed by atoms with Crippen LogP contribution >= 0.6 is 0 Å². The van der Waals surface area contributed by atoms with E-state index in [-0.39, 0.29) is 17.9 Å². The van der Waals surface area contributed by atoms with Crippen LogP contribution < -0.4 is 9.64 Å². The van der Waals surface area contributed by atoms with Crippen molar-refractivity contribution in [1.82, 2.24) is 9.88 Å². The summed E-state index contributed by atoms with van der Waals surface area (Å²) in [4.78, 5) is 50.7. The van der Waals surface area contributed by atoms with Crippen LogP contribution in [-0.4, -0.2) is 98.2 Å². The summed E-state index contributed by atoms with van der Waals surface area (Å²) in [5, 5.41) is 14.4. The number of ether oxygens (including phenoxy) is 4. The van der Waals surface area contributed by atoms with Gasteiger partial charge in [0.15, 0.2) is 6.10 Å². The highest BCUT2D eigenvalue weighted by Crippen LogP contribution is 2.68. The fourth-order valence-electron chi connectivity index (χ4n) is 13.3. The van der Waals surface area contributed by atoms with Crippen molar-refractivity contribution in [1.29, 1.82) is 0 Å². The van der Waals surface area contributed by atoms with Gasteiger partial charge in [0.25, 0.3) is 0 Å². The summed E-state index contributed by atoms with van der Waals surface area (Å²) < 4.78 is 23.9. The number of aromatic nitrogens is 1. The molecule has 4 heterocycles. The van der Waals surface area contributed by atoms with E-state index in [0.29, 0.717) is 49.6 Å². The number of likely N-dealkylation sites (N-methyl/N-ethyl adjacent to an activating group) is 1. The molecule has 2 N–H and O–H groups in total. The number of nitrogens with zero attached hydrogens (tertiary/aromatic N) is 2. The normalized spacial score (nSPS) is 34.9. The maximum absolute atomic E-state index is 15.2. The van der Waals surface area contributed by atoms with Gasteiger partial charge in [-0.3, -0.25) is 14.5 Å². The lowest BCUT2D eigenvalue weighted by Gasteiger charge is -2.63. The van der Waals surface area contributed by atoms with Crippen LogP contribution in [0, 0.1) is 17.3 Å². The summed E-state index contributed by atoms with van der Waals surface area (Å²) in [6.45, 7) is 6.92. The van der Waals surface area contributed by atoms with Gasteiger partial charge in [0.05, 0.1) is 27.4 Å². The minimum atomic E-state index is -2.27. The number of fused-ring (bicyclic) bond motifs is 6. The highest BCUT2D eigenvalue weighted by Gasteiger charge is 2.80. The zero-order valence-electron chi connectivity index (χ0n) is 34.1. The van der Waals surface area contributed by atoms with Gasteiger partial charge in [-0.1, -0.05) is 55.8 Å². The number of methoxy groups -OCH3 is 3. The molecule has 11 nitrogen and oxygen atoms in total. The number of hydrogen-bond acceptors (Lipinski definition) is 10. The molecule has 1 spiro atoms. The first-order chi connectivity index (χ1) is 27.4. The molecule has 3 aromatic rings. The summed E-state index contributed by atoms with van der Waals surface area (Å²) >= 11 is 0. The Kier molecular flexibility index (Phi) is 8.79. The number of H-pyrrole nitrogens is 1. The molecule has 9 atom stereocenters. The zero-order chi connectivity index (χ0) is 40.2. The summed E-state index contributed by atoms with van der Waals surface area (Å²) in [5.41, 5.74) is 1.35. The third-order valence-electron chi connectivity index (χ3n) is 15.1. The van der Waals surface area contributed by atoms with Gasteiger partial charge in [-0.25, -0.2) is 4.79 Å². The molecule has 1 saturated carbocycles. The lowest BCUT2D eigenvalue weighted by molar-refractivity contribution is -0.228. The van der Waals surface area contributed by atoms with Crippen LogP contribution in [0.25, 0.3) is 10.9 Å². The molecule has 3 aliphatic heterocycles. The molecule has 1 unspecified atom stereocenters. The number of rotatable bonds is 7. The second-order valence-corrected chi connectivity index (χ2v) is 17.5. The molecule has 1 aromatic heterocycles. The smallest absolute Gasteiger partial charge is 0.344 e. The molecule has 6 aliphatic rings. The summed E-state index contributed by atoms with van der Waals surface area (Å²) in [6, 6.07) is 11.3. The van der Waals surface area contributed by atoms with Crippen molar-refractivity contribution in [3.05, 3.63) is 82.6 Å². The van der Waals surface area contributed by atoms with Gasteiger partial charge in [-0.15, -0.1) is 0 Å². The first kappa shape index (κ1) is 37.9. The van der Waals surface area contributed by atoms with Gasteiger partial charge >= 0.3 is 17.9 Å². The molecule has 2 fully saturated rings. The molecule has 2 bridgehead atoms. The SMILES string of the molecule is CCC1=C[C@@H]2CC(C1)Cc1c([nH]c3ccccc13)[C@@](C(=O)OC)(c1cc3c(cc1OC)N(C)[C@H]1[C@@](O)(C(=O)OC)[C@H](OC(C)=O)[C@]4(CC)C=CCN5CC[C@]31[C@@H]54)C2. The summed E-state index contributed by atoms with van der Waals surface area (Å²) in [5.74, 6) is -0.759. The predicted molar refractivity (Wildman–Crippen MR) is 215 cm³/mol. The average Bonchev–Trinajstić information content (AvgIpc) is 3.87. The first-order valence-electron chi connectivity index (χ1n) is 20.6. The van der Waals surface area contributed by atoms with E-state index >= 15 is 4.79 Å². The quantitative estimate of drug-likeness (QED) is 0.170. The van der Waals surface area contributed by atoms with Gasteiger partial charge in [-0.2, -0.15) is 0 Å². The Morgan fingerprint density at radius 3 is 2.47 bits per heavy atom. The monoisotopic (exact) mass is 777 g/mol. The maximum Gasteiger partial charge on any atom is 0.344 e. The molecule has 302 valence electrons. The molecule has 2 aromatic carbocycles. The highest BCUT2D eigenvalue weighted by molar-refractivity contribution is 5.95. The van der Waals surface area contributed by atoms with Crippen molar-refractivity contribution in [2.45, 2.75) is 100 Å². The van der Waals surface area contributed by atoms with E-state index in [1.807, 2.05) is 31.0 Å². The Hall–Kier alpha value is -4.61. The number of hydrogen-bond donors (Lipinski definition) is 2. The second kappa shape index (κ2) is 13.2. The van der Waals surface area contributed by atoms with E-state index in [2.05, 4.69) is 59.3 Å². The van der Waals surface area contributed by atoms with E-state index in [0.717, 1.165) is 59.1 Å². The van der Waals surface area contributed by atoms with Crippen LogP contribution in [0.2, 0.25) is 0 Å². The van der Waals surface area contributed by atoms with Crippen LogP contribution in [0.1, 0.15) is 81.7 Å². The van der Waals surface area contributed by atoms with Crippen LogP contribution in [0.4, 0.5) is 5.69 Å². The number of allylic oxidation sites excluding steroid dienone is 2. The van der Waals surface area contributed by atoms with Gasteiger partial charge in [0, 0.05) is 71.3 Å². The average molecular weight is 778 g/mol. The Bertz CT molecular complexity index is 2240. The molecule has 57 heavy (non-hydrogen) atoms. The summed E-state index contributed by atoms with van der Waals surface area (Å²) in [6.07, 6.45) is 10.6. The number of aromatic amines is 1. The van der Waals surface area contributed by atoms with Crippen molar-refractivity contribution in [3.63, 3.8) is 0 Å². The van der Waals surface area contributed by atoms with Gasteiger partial charge in [0.2, 0.25) is 5.60 Å². The first-order valence-corrected chi connectivity index (χ1v) is 20.6. The highest BCUT2D eigenvalue weighted by atomic mass is 16.6. The third kappa shape index (κ3) is 4.81. The molecule has 1 saturated heterocycles. The fourth-order valence-corrected chi connectivity index (χ4v) is 13.3. The maximum atomic E-state index is 15.2. The largest absolute Gasteiger partial charge is 0.496 e. The van der Waals surface area contributed by atoms with Crippen LogP contribution in [0.5, 0.6) is 5.75 Å². The molecular weight excluding hydrogens is 723 g/mol. The minimum absolute atomic E-state index is 0.102. The third-order valence-corrected chi connectivity index (χ3v) is 15.1. The molecular formula is C46H55N3O8. The standard InChI is InChI=1S/C46H55N3O8/c1-8-27-19-28-21-29(20-27)25-45(41(51)55-6,37-31(22-28)30-13-10-11-14-34(30)47-37)33-23-32-35(24-36(33)54-5)48(4)39-44(32)16-18-49-17-12-15-43(9-2,38(44)49)40(57-26(3)50)46(39,53)42(52)56-7/h10-15,20,23-24,28-29,38-40,47,53H,8-9,16-19,21-22,25H2,1-7H3/t28?,29-,38+,39-,40-,43-,44-,45+,46+/m1/s1. The van der Waals surface area contributed by atoms with E-state index in [1.54, 1.807) is 7.11 Å². The fraction of sp³-hybridized carbons (Fsp3) is 0.543. The van der Waals surface area contributed by atoms with E-state index < -0.39 is 45.9 Å². The molecule has 11 heteroatoms.